The van der Waals surface area contributed by atoms with Crippen LogP contribution in [-0.2, 0) is 16.7 Å². The lowest BCUT2D eigenvalue weighted by Crippen LogP contribution is -2.42. The predicted octanol–water partition coefficient (Wildman–Crippen LogP) is 6.70. The Bertz CT molecular complexity index is 1710. The van der Waals surface area contributed by atoms with Crippen LogP contribution in [0.25, 0.3) is 0 Å². The molecule has 3 aromatic rings. The van der Waals surface area contributed by atoms with Crippen LogP contribution in [0.5, 0.6) is 0 Å². The minimum Gasteiger partial charge on any atom is -0.384 e. The van der Waals surface area contributed by atoms with E-state index in [2.05, 4.69) is 16.3 Å². The predicted molar refractivity (Wildman–Crippen MR) is 151 cm³/mol. The number of aromatic nitrogens is 2. The summed E-state index contributed by atoms with van der Waals surface area (Å²) >= 11 is 2.33. The molecule has 1 unspecified atom stereocenters. The highest BCUT2D eigenvalue weighted by atomic mass is 32.2. The molecule has 0 bridgehead atoms. The molecular formula is C28H23F3N6O3S2. The van der Waals surface area contributed by atoms with Gasteiger partial charge in [-0.05, 0) is 29.0 Å². The van der Waals surface area contributed by atoms with Gasteiger partial charge < -0.3 is 5.73 Å². The zero-order valence-corrected chi connectivity index (χ0v) is 23.9. The summed E-state index contributed by atoms with van der Waals surface area (Å²) in [5.41, 5.74) is 7.01. The fourth-order valence-corrected chi connectivity index (χ4v) is 7.04. The van der Waals surface area contributed by atoms with Gasteiger partial charge in [-0.15, -0.1) is 10.2 Å². The van der Waals surface area contributed by atoms with Gasteiger partial charge in [0.15, 0.2) is 10.1 Å². The maximum atomic E-state index is 13.6. The number of hydrogen-bond donors (Lipinski definition) is 1. The lowest BCUT2D eigenvalue weighted by atomic mass is 9.68. The number of allylic oxidation sites excluding steroid dienone is 3. The molecule has 2 heterocycles. The molecule has 9 nitrogen and oxygen atoms in total. The average molecular weight is 613 g/mol. The molecule has 0 fully saturated rings. The lowest BCUT2D eigenvalue weighted by molar-refractivity contribution is -0.384. The van der Waals surface area contributed by atoms with Gasteiger partial charge in [0.25, 0.3) is 5.69 Å². The number of non-ortho nitro benzene ring substituents is 1. The minimum absolute atomic E-state index is 0.0313. The molecule has 2 aliphatic rings. The number of thioether (sulfide) groups is 1. The number of nitro groups is 1. The fourth-order valence-electron chi connectivity index (χ4n) is 5.21. The fraction of sp³-hybridized carbons (Fsp3) is 0.286. The highest BCUT2D eigenvalue weighted by Crippen LogP contribution is 2.51. The molecule has 5 rings (SSSR count). The quantitative estimate of drug-likeness (QED) is 0.183. The average Bonchev–Trinajstić information content (AvgIpc) is 3.38. The summed E-state index contributed by atoms with van der Waals surface area (Å²) in [5, 5.41) is 30.4. The Kier molecular flexibility index (Phi) is 7.59. The van der Waals surface area contributed by atoms with Crippen molar-refractivity contribution in [1.82, 2.24) is 10.2 Å². The Morgan fingerprint density at radius 3 is 2.64 bits per heavy atom. The van der Waals surface area contributed by atoms with Crippen LogP contribution in [0.15, 0.2) is 75.5 Å². The van der Waals surface area contributed by atoms with Crippen molar-refractivity contribution in [2.75, 3.05) is 4.90 Å². The second-order valence-corrected chi connectivity index (χ2v) is 12.8. The maximum absolute atomic E-state index is 13.6. The van der Waals surface area contributed by atoms with Crippen LogP contribution in [0.2, 0.25) is 0 Å². The summed E-state index contributed by atoms with van der Waals surface area (Å²) < 4.78 is 39.8. The van der Waals surface area contributed by atoms with E-state index in [1.807, 2.05) is 13.8 Å². The van der Waals surface area contributed by atoms with Crippen LogP contribution in [0.4, 0.5) is 24.0 Å². The van der Waals surface area contributed by atoms with Crippen LogP contribution in [0, 0.1) is 26.9 Å². The molecule has 1 aliphatic carbocycles. The number of nitrogens with two attached hydrogens (primary N) is 1. The number of carbonyl (C=O) groups is 1. The van der Waals surface area contributed by atoms with E-state index in [-0.39, 0.29) is 35.0 Å². The zero-order valence-electron chi connectivity index (χ0n) is 22.3. The Morgan fingerprint density at radius 2 is 1.95 bits per heavy atom. The van der Waals surface area contributed by atoms with Crippen molar-refractivity contribution >= 4 is 39.7 Å². The number of benzene rings is 2. The Labute approximate surface area is 246 Å². The van der Waals surface area contributed by atoms with Crippen molar-refractivity contribution in [3.05, 3.63) is 98.0 Å². The molecule has 1 atom stereocenters. The van der Waals surface area contributed by atoms with Crippen LogP contribution < -0.4 is 10.6 Å². The monoisotopic (exact) mass is 612 g/mol. The molecule has 2 N–H and O–H groups in total. The number of Topliss-reactive ketones (excluding diaryl/α,β-unsaturated/α-hetero) is 1. The van der Waals surface area contributed by atoms with E-state index < -0.39 is 28.0 Å². The highest BCUT2D eigenvalue weighted by Gasteiger charge is 2.45. The van der Waals surface area contributed by atoms with Crippen LogP contribution in [0.3, 0.4) is 0 Å². The third-order valence-corrected chi connectivity index (χ3v) is 9.11. The van der Waals surface area contributed by atoms with Gasteiger partial charge >= 0.3 is 6.18 Å². The first-order valence-electron chi connectivity index (χ1n) is 12.6. The minimum atomic E-state index is -4.45. The zero-order chi connectivity index (χ0) is 30.4. The number of rotatable bonds is 6. The number of alkyl halides is 3. The number of nitriles is 1. The molecule has 0 spiro atoms. The number of nitro benzene ring substituents is 1. The van der Waals surface area contributed by atoms with Crippen LogP contribution >= 0.6 is 23.1 Å². The van der Waals surface area contributed by atoms with Crippen molar-refractivity contribution in [2.45, 2.75) is 48.9 Å². The largest absolute Gasteiger partial charge is 0.416 e. The second kappa shape index (κ2) is 10.9. The number of nitrogens with zero attached hydrogens (tertiary/aromatic N) is 5. The second-order valence-electron chi connectivity index (χ2n) is 10.7. The van der Waals surface area contributed by atoms with Gasteiger partial charge in [0.05, 0.1) is 28.0 Å². The summed E-state index contributed by atoms with van der Waals surface area (Å²) in [4.78, 5) is 26.1. The first kappa shape index (κ1) is 29.3. The number of halogens is 3. The van der Waals surface area contributed by atoms with Gasteiger partial charge in [-0.25, -0.2) is 0 Å². The molecular weight excluding hydrogens is 589 g/mol. The van der Waals surface area contributed by atoms with Crippen molar-refractivity contribution in [3.8, 4) is 6.07 Å². The Hall–Kier alpha value is -4.22. The number of carbonyl (C=O) groups excluding carboxylic acids is 1. The standard InChI is InChI=1S/C28H23F3N6O3S2/c1-27(2)11-20-23(21(38)12-27)22(16-6-4-8-18(10-16)37(39)40)19(13-32)24(33)36(20)25-34-35-26(42-25)41-14-15-5-3-7-17(9-15)28(29,30)31/h3-10,22H,11-12,14,33H2,1-2H3. The van der Waals surface area contributed by atoms with E-state index in [0.717, 1.165) is 23.5 Å². The van der Waals surface area contributed by atoms with Gasteiger partial charge in [-0.1, -0.05) is 67.3 Å². The van der Waals surface area contributed by atoms with Gasteiger partial charge in [0.2, 0.25) is 5.13 Å². The summed E-state index contributed by atoms with van der Waals surface area (Å²) in [6.07, 6.45) is -3.84. The highest BCUT2D eigenvalue weighted by molar-refractivity contribution is 8.00. The van der Waals surface area contributed by atoms with E-state index in [1.165, 1.54) is 36.0 Å². The first-order valence-corrected chi connectivity index (χ1v) is 14.4. The van der Waals surface area contributed by atoms with Gasteiger partial charge in [-0.2, -0.15) is 18.4 Å². The number of hydrogen-bond acceptors (Lipinski definition) is 10. The molecule has 2 aromatic carbocycles. The van der Waals surface area contributed by atoms with Crippen molar-refractivity contribution < 1.29 is 22.9 Å². The normalized spacial score (nSPS) is 18.6. The summed E-state index contributed by atoms with van der Waals surface area (Å²) in [5.74, 6) is -0.857. The molecule has 14 heteroatoms. The first-order chi connectivity index (χ1) is 19.8. The topological polar surface area (TPSA) is 139 Å². The molecule has 1 aliphatic heterocycles. The molecule has 0 saturated carbocycles. The van der Waals surface area contributed by atoms with Crippen LogP contribution in [0.1, 0.15) is 49.3 Å². The molecule has 0 radical (unpaired) electrons. The van der Waals surface area contributed by atoms with E-state index >= 15 is 0 Å². The lowest BCUT2D eigenvalue weighted by Gasteiger charge is -2.42. The molecule has 0 saturated heterocycles. The van der Waals surface area contributed by atoms with Gasteiger partial charge in [-0.3, -0.25) is 19.8 Å². The van der Waals surface area contributed by atoms with Crippen molar-refractivity contribution in [3.63, 3.8) is 0 Å². The van der Waals surface area contributed by atoms with Gasteiger partial charge in [0.1, 0.15) is 5.82 Å². The SMILES string of the molecule is CC1(C)CC(=O)C2=C(C1)N(c1nnc(SCc3cccc(C(F)(F)F)c3)s1)C(N)=C(C#N)C2c1cccc([N+](=O)[O-])c1. The number of anilines is 1. The molecule has 216 valence electrons. The van der Waals surface area contributed by atoms with Gasteiger partial charge in [0, 0.05) is 35.6 Å². The van der Waals surface area contributed by atoms with Crippen molar-refractivity contribution in [1.29, 1.82) is 5.26 Å². The Morgan fingerprint density at radius 1 is 1.21 bits per heavy atom. The van der Waals surface area contributed by atoms with Crippen LogP contribution in [-0.4, -0.2) is 20.9 Å². The van der Waals surface area contributed by atoms with E-state index in [1.54, 1.807) is 17.0 Å². The van der Waals surface area contributed by atoms with E-state index in [0.29, 0.717) is 38.3 Å². The molecule has 42 heavy (non-hydrogen) atoms. The van der Waals surface area contributed by atoms with Crippen molar-refractivity contribution in [2.24, 2.45) is 11.1 Å². The van der Waals surface area contributed by atoms with E-state index in [4.69, 9.17) is 5.73 Å². The number of ketones is 1. The van der Waals surface area contributed by atoms with E-state index in [9.17, 15) is 33.3 Å². The maximum Gasteiger partial charge on any atom is 0.416 e. The third kappa shape index (κ3) is 5.62. The molecule has 1 aromatic heterocycles. The smallest absolute Gasteiger partial charge is 0.384 e. The molecule has 0 amide bonds. The summed E-state index contributed by atoms with van der Waals surface area (Å²) in [6.45, 7) is 3.87. The summed E-state index contributed by atoms with van der Waals surface area (Å²) in [7, 11) is 0. The summed E-state index contributed by atoms with van der Waals surface area (Å²) in [6, 6.07) is 12.9. The third-order valence-electron chi connectivity index (χ3n) is 7.00. The Balaban J connectivity index is 1.54.